The standard InChI is InChI=1S/C13H17ClFNS/c1-7(2)13-12(16-3)9-4-8(14)5-11(15)10(9)6-17-13/h4-5,7,12-13,16H,6H2,1-3H3. The van der Waals surface area contributed by atoms with Crippen molar-refractivity contribution in [3.05, 3.63) is 34.1 Å². The Morgan fingerprint density at radius 2 is 2.18 bits per heavy atom. The van der Waals surface area contributed by atoms with E-state index < -0.39 is 0 Å². The first-order valence-corrected chi connectivity index (χ1v) is 7.24. The first-order chi connectivity index (χ1) is 8.04. The molecule has 1 heterocycles. The fourth-order valence-corrected chi connectivity index (χ4v) is 4.14. The van der Waals surface area contributed by atoms with Gasteiger partial charge in [0.1, 0.15) is 5.82 Å². The molecule has 1 N–H and O–H groups in total. The highest BCUT2D eigenvalue weighted by molar-refractivity contribution is 7.99. The molecule has 0 aromatic heterocycles. The molecule has 0 saturated carbocycles. The van der Waals surface area contributed by atoms with Gasteiger partial charge in [-0.15, -0.1) is 0 Å². The summed E-state index contributed by atoms with van der Waals surface area (Å²) in [7, 11) is 1.93. The summed E-state index contributed by atoms with van der Waals surface area (Å²) in [5, 5.41) is 4.25. The van der Waals surface area contributed by atoms with Crippen molar-refractivity contribution in [1.82, 2.24) is 5.32 Å². The molecular weight excluding hydrogens is 257 g/mol. The second kappa shape index (κ2) is 5.17. The molecule has 2 rings (SSSR count). The van der Waals surface area contributed by atoms with Crippen molar-refractivity contribution in [2.24, 2.45) is 5.92 Å². The number of fused-ring (bicyclic) bond motifs is 1. The van der Waals surface area contributed by atoms with Crippen LogP contribution in [0.3, 0.4) is 0 Å². The molecule has 1 aliphatic rings. The summed E-state index contributed by atoms with van der Waals surface area (Å²) < 4.78 is 13.8. The van der Waals surface area contributed by atoms with Crippen molar-refractivity contribution in [3.8, 4) is 0 Å². The van der Waals surface area contributed by atoms with Crippen LogP contribution in [0.15, 0.2) is 12.1 Å². The topological polar surface area (TPSA) is 12.0 Å². The number of nitrogens with one attached hydrogen (secondary N) is 1. The summed E-state index contributed by atoms with van der Waals surface area (Å²) in [6.45, 7) is 4.40. The third kappa shape index (κ3) is 2.47. The number of hydrogen-bond acceptors (Lipinski definition) is 2. The lowest BCUT2D eigenvalue weighted by Gasteiger charge is -2.35. The minimum Gasteiger partial charge on any atom is -0.312 e. The Morgan fingerprint density at radius 1 is 1.47 bits per heavy atom. The Balaban J connectivity index is 2.47. The minimum atomic E-state index is -0.178. The Morgan fingerprint density at radius 3 is 2.76 bits per heavy atom. The Hall–Kier alpha value is -0.250. The van der Waals surface area contributed by atoms with Crippen LogP contribution < -0.4 is 5.32 Å². The predicted octanol–water partition coefficient (Wildman–Crippen LogP) is 4.01. The highest BCUT2D eigenvalue weighted by Gasteiger charge is 2.32. The van der Waals surface area contributed by atoms with E-state index in [0.29, 0.717) is 16.2 Å². The average Bonchev–Trinajstić information content (AvgIpc) is 2.26. The molecule has 4 heteroatoms. The van der Waals surface area contributed by atoms with E-state index in [1.165, 1.54) is 6.07 Å². The molecule has 1 aromatic rings. The van der Waals surface area contributed by atoms with Gasteiger partial charge < -0.3 is 5.32 Å². The zero-order valence-electron chi connectivity index (χ0n) is 10.3. The maximum Gasteiger partial charge on any atom is 0.129 e. The first-order valence-electron chi connectivity index (χ1n) is 5.81. The van der Waals surface area contributed by atoms with Crippen molar-refractivity contribution in [3.63, 3.8) is 0 Å². The molecule has 0 spiro atoms. The van der Waals surface area contributed by atoms with E-state index in [-0.39, 0.29) is 11.9 Å². The van der Waals surface area contributed by atoms with Crippen molar-refractivity contribution in [1.29, 1.82) is 0 Å². The molecule has 17 heavy (non-hydrogen) atoms. The van der Waals surface area contributed by atoms with E-state index in [1.807, 2.05) is 24.9 Å². The zero-order chi connectivity index (χ0) is 12.6. The molecule has 2 atom stereocenters. The van der Waals surface area contributed by atoms with Crippen LogP contribution in [0.25, 0.3) is 0 Å². The Bertz CT molecular complexity index is 422. The molecule has 0 fully saturated rings. The lowest BCUT2D eigenvalue weighted by atomic mass is 9.92. The van der Waals surface area contributed by atoms with Crippen LogP contribution in [0.4, 0.5) is 4.39 Å². The number of halogens is 2. The summed E-state index contributed by atoms with van der Waals surface area (Å²) in [6, 6.07) is 3.48. The molecule has 1 aliphatic heterocycles. The number of benzene rings is 1. The zero-order valence-corrected chi connectivity index (χ0v) is 11.8. The highest BCUT2D eigenvalue weighted by Crippen LogP contribution is 2.42. The molecule has 94 valence electrons. The molecule has 1 aromatic carbocycles. The third-order valence-corrected chi connectivity index (χ3v) is 5.12. The van der Waals surface area contributed by atoms with E-state index in [9.17, 15) is 4.39 Å². The quantitative estimate of drug-likeness (QED) is 0.874. The van der Waals surface area contributed by atoms with Crippen LogP contribution >= 0.6 is 23.4 Å². The fraction of sp³-hybridized carbons (Fsp3) is 0.538. The van der Waals surface area contributed by atoms with Crippen molar-refractivity contribution < 1.29 is 4.39 Å². The van der Waals surface area contributed by atoms with Crippen LogP contribution in [0.1, 0.15) is 31.0 Å². The largest absolute Gasteiger partial charge is 0.312 e. The highest BCUT2D eigenvalue weighted by atomic mass is 35.5. The molecule has 0 aliphatic carbocycles. The van der Waals surface area contributed by atoms with E-state index in [1.54, 1.807) is 0 Å². The summed E-state index contributed by atoms with van der Waals surface area (Å²) in [5.74, 6) is 1.11. The van der Waals surface area contributed by atoms with E-state index >= 15 is 0 Å². The van der Waals surface area contributed by atoms with Gasteiger partial charge in [0.15, 0.2) is 0 Å². The van der Waals surface area contributed by atoms with Gasteiger partial charge in [-0.3, -0.25) is 0 Å². The van der Waals surface area contributed by atoms with Gasteiger partial charge in [0, 0.05) is 27.6 Å². The van der Waals surface area contributed by atoms with E-state index in [2.05, 4.69) is 19.2 Å². The van der Waals surface area contributed by atoms with Gasteiger partial charge in [-0.2, -0.15) is 11.8 Å². The van der Waals surface area contributed by atoms with Crippen LogP contribution in [0.2, 0.25) is 5.02 Å². The smallest absolute Gasteiger partial charge is 0.129 e. The van der Waals surface area contributed by atoms with Crippen LogP contribution in [0, 0.1) is 11.7 Å². The molecule has 0 bridgehead atoms. The van der Waals surface area contributed by atoms with Gasteiger partial charge >= 0.3 is 0 Å². The van der Waals surface area contributed by atoms with Crippen LogP contribution in [-0.4, -0.2) is 12.3 Å². The normalized spacial score (nSPS) is 23.9. The summed E-state index contributed by atoms with van der Waals surface area (Å²) in [5.41, 5.74) is 1.82. The van der Waals surface area contributed by atoms with E-state index in [0.717, 1.165) is 16.9 Å². The SMILES string of the molecule is CNC1c2cc(Cl)cc(F)c2CSC1C(C)C. The lowest BCUT2D eigenvalue weighted by molar-refractivity contribution is 0.461. The summed E-state index contributed by atoms with van der Waals surface area (Å²) >= 11 is 7.78. The number of rotatable bonds is 2. The molecule has 1 nitrogen and oxygen atoms in total. The van der Waals surface area contributed by atoms with Crippen molar-refractivity contribution in [2.45, 2.75) is 30.9 Å². The molecule has 0 amide bonds. The summed E-state index contributed by atoms with van der Waals surface area (Å²) in [4.78, 5) is 0. The second-order valence-electron chi connectivity index (χ2n) is 4.74. The fourth-order valence-electron chi connectivity index (χ4n) is 2.40. The monoisotopic (exact) mass is 273 g/mol. The third-order valence-electron chi connectivity index (χ3n) is 3.25. The van der Waals surface area contributed by atoms with Gasteiger partial charge in [0.2, 0.25) is 0 Å². The lowest BCUT2D eigenvalue weighted by Crippen LogP contribution is -2.34. The van der Waals surface area contributed by atoms with Gasteiger partial charge in [0.05, 0.1) is 0 Å². The second-order valence-corrected chi connectivity index (χ2v) is 6.34. The van der Waals surface area contributed by atoms with Gasteiger partial charge in [0.25, 0.3) is 0 Å². The minimum absolute atomic E-state index is 0.178. The Labute approximate surface area is 111 Å². The molecule has 0 radical (unpaired) electrons. The first kappa shape index (κ1) is 13.2. The molecule has 2 unspecified atom stereocenters. The van der Waals surface area contributed by atoms with E-state index in [4.69, 9.17) is 11.6 Å². The Kier molecular flexibility index (Phi) is 4.01. The van der Waals surface area contributed by atoms with Crippen LogP contribution in [0.5, 0.6) is 0 Å². The van der Waals surface area contributed by atoms with Crippen molar-refractivity contribution >= 4 is 23.4 Å². The van der Waals surface area contributed by atoms with Gasteiger partial charge in [-0.1, -0.05) is 25.4 Å². The molecule has 0 saturated heterocycles. The van der Waals surface area contributed by atoms with Gasteiger partial charge in [-0.05, 0) is 30.7 Å². The van der Waals surface area contributed by atoms with Crippen molar-refractivity contribution in [2.75, 3.05) is 7.05 Å². The number of hydrogen-bond donors (Lipinski definition) is 1. The maximum atomic E-state index is 13.8. The molecular formula is C13H17ClFNS. The predicted molar refractivity (Wildman–Crippen MR) is 73.1 cm³/mol. The summed E-state index contributed by atoms with van der Waals surface area (Å²) in [6.07, 6.45) is 0. The maximum absolute atomic E-state index is 13.8. The number of thioether (sulfide) groups is 1. The van der Waals surface area contributed by atoms with Gasteiger partial charge in [-0.25, -0.2) is 4.39 Å². The average molecular weight is 274 g/mol. The van der Waals surface area contributed by atoms with Crippen LogP contribution in [-0.2, 0) is 5.75 Å².